The van der Waals surface area contributed by atoms with Crippen LogP contribution in [-0.2, 0) is 0 Å². The molecule has 5 rings (SSSR count). The lowest BCUT2D eigenvalue weighted by Crippen LogP contribution is -2.34. The molecule has 1 N–H and O–H groups in total. The maximum Gasteiger partial charge on any atom is 0.119 e. The van der Waals surface area contributed by atoms with Crippen molar-refractivity contribution in [2.24, 2.45) is 0 Å². The Morgan fingerprint density at radius 1 is 0.933 bits per heavy atom. The molecule has 0 bridgehead atoms. The van der Waals surface area contributed by atoms with Crippen molar-refractivity contribution in [3.8, 4) is 11.5 Å². The molecule has 0 amide bonds. The summed E-state index contributed by atoms with van der Waals surface area (Å²) in [5.74, 6) is 1.68. The van der Waals surface area contributed by atoms with Gasteiger partial charge in [0.25, 0.3) is 0 Å². The van der Waals surface area contributed by atoms with Crippen molar-refractivity contribution in [3.63, 3.8) is 0 Å². The summed E-state index contributed by atoms with van der Waals surface area (Å²) in [6.45, 7) is 6.66. The van der Waals surface area contributed by atoms with Crippen LogP contribution in [0.1, 0.15) is 67.2 Å². The summed E-state index contributed by atoms with van der Waals surface area (Å²) < 4.78 is 6.19. The van der Waals surface area contributed by atoms with Crippen LogP contribution in [0.5, 0.6) is 11.5 Å². The molecular weight excluding hydrogens is 372 g/mol. The molecule has 0 saturated carbocycles. The van der Waals surface area contributed by atoms with Gasteiger partial charge in [-0.2, -0.15) is 0 Å². The SMILES string of the molecule is Oc1cccc([C@@H]2CN3CCC[C@@H]3c3cc(OCCCN4CCCCC4)ccc32)c1. The smallest absolute Gasteiger partial charge is 0.119 e. The van der Waals surface area contributed by atoms with E-state index in [2.05, 4.69) is 34.1 Å². The van der Waals surface area contributed by atoms with E-state index < -0.39 is 0 Å². The van der Waals surface area contributed by atoms with E-state index in [1.807, 2.05) is 12.1 Å². The van der Waals surface area contributed by atoms with Crippen LogP contribution in [0.2, 0.25) is 0 Å². The lowest BCUT2D eigenvalue weighted by molar-refractivity contribution is 0.204. The molecule has 2 aromatic carbocycles. The Labute approximate surface area is 180 Å². The fourth-order valence-corrected chi connectivity index (χ4v) is 5.67. The Bertz CT molecular complexity index is 862. The third-order valence-electron chi connectivity index (χ3n) is 7.18. The third-order valence-corrected chi connectivity index (χ3v) is 7.18. The largest absolute Gasteiger partial charge is 0.508 e. The number of phenolic OH excluding ortho intramolecular Hbond substituents is 1. The van der Waals surface area contributed by atoms with E-state index >= 15 is 0 Å². The Morgan fingerprint density at radius 3 is 2.70 bits per heavy atom. The number of piperidine rings is 1. The van der Waals surface area contributed by atoms with Gasteiger partial charge in [-0.05, 0) is 92.7 Å². The van der Waals surface area contributed by atoms with E-state index in [1.54, 1.807) is 6.07 Å². The van der Waals surface area contributed by atoms with Gasteiger partial charge in [-0.15, -0.1) is 0 Å². The first-order valence-electron chi connectivity index (χ1n) is 11.8. The summed E-state index contributed by atoms with van der Waals surface area (Å²) in [4.78, 5) is 5.20. The molecule has 2 aromatic rings. The van der Waals surface area contributed by atoms with E-state index in [1.165, 1.54) is 68.4 Å². The standard InChI is InChI=1S/C26H34N2O2/c29-21-8-4-7-20(17-21)25-19-28-15-5-9-26(28)24-18-22(10-11-23(24)25)30-16-6-14-27-12-2-1-3-13-27/h4,7-8,10-11,17-18,25-26,29H,1-3,5-6,9,12-16,19H2/t25-,26+/m0/s1. The summed E-state index contributed by atoms with van der Waals surface area (Å²) >= 11 is 0. The number of likely N-dealkylation sites (tertiary alicyclic amines) is 1. The molecule has 3 aliphatic rings. The van der Waals surface area contributed by atoms with Crippen molar-refractivity contribution in [3.05, 3.63) is 59.2 Å². The van der Waals surface area contributed by atoms with Crippen LogP contribution in [0.4, 0.5) is 0 Å². The van der Waals surface area contributed by atoms with Crippen molar-refractivity contribution in [1.82, 2.24) is 9.80 Å². The van der Waals surface area contributed by atoms with Gasteiger partial charge in [-0.1, -0.05) is 24.6 Å². The molecule has 0 aromatic heterocycles. The van der Waals surface area contributed by atoms with Crippen molar-refractivity contribution >= 4 is 0 Å². The Kier molecular flexibility index (Phi) is 5.96. The lowest BCUT2D eigenvalue weighted by Gasteiger charge is -2.37. The van der Waals surface area contributed by atoms with E-state index in [0.29, 0.717) is 17.7 Å². The van der Waals surface area contributed by atoms with E-state index in [0.717, 1.165) is 31.9 Å². The number of hydrogen-bond donors (Lipinski definition) is 1. The zero-order valence-corrected chi connectivity index (χ0v) is 17.9. The van der Waals surface area contributed by atoms with Crippen LogP contribution in [0.15, 0.2) is 42.5 Å². The minimum atomic E-state index is 0.314. The summed E-state index contributed by atoms with van der Waals surface area (Å²) in [7, 11) is 0. The second-order valence-electron chi connectivity index (χ2n) is 9.20. The van der Waals surface area contributed by atoms with Crippen LogP contribution in [0, 0.1) is 0 Å². The molecule has 160 valence electrons. The normalized spacial score (nSPS) is 24.4. The highest BCUT2D eigenvalue weighted by atomic mass is 16.5. The molecule has 3 heterocycles. The van der Waals surface area contributed by atoms with Crippen LogP contribution >= 0.6 is 0 Å². The molecule has 2 atom stereocenters. The lowest BCUT2D eigenvalue weighted by atomic mass is 9.81. The Hall–Kier alpha value is -2.04. The van der Waals surface area contributed by atoms with Crippen molar-refractivity contribution in [1.29, 1.82) is 0 Å². The predicted molar refractivity (Wildman–Crippen MR) is 120 cm³/mol. The van der Waals surface area contributed by atoms with E-state index in [4.69, 9.17) is 4.74 Å². The highest BCUT2D eigenvalue weighted by Gasteiger charge is 2.36. The highest BCUT2D eigenvalue weighted by Crippen LogP contribution is 2.45. The van der Waals surface area contributed by atoms with Gasteiger partial charge < -0.3 is 14.7 Å². The van der Waals surface area contributed by atoms with Crippen LogP contribution < -0.4 is 4.74 Å². The minimum absolute atomic E-state index is 0.314. The molecule has 2 fully saturated rings. The monoisotopic (exact) mass is 406 g/mol. The fourth-order valence-electron chi connectivity index (χ4n) is 5.67. The first-order chi connectivity index (χ1) is 14.8. The van der Waals surface area contributed by atoms with Crippen molar-refractivity contribution < 1.29 is 9.84 Å². The van der Waals surface area contributed by atoms with Crippen molar-refractivity contribution in [2.75, 3.05) is 39.3 Å². The molecule has 3 aliphatic heterocycles. The van der Waals surface area contributed by atoms with Crippen LogP contribution in [-0.4, -0.2) is 54.2 Å². The maximum atomic E-state index is 10.0. The summed E-state index contributed by atoms with van der Waals surface area (Å²) in [6, 6.07) is 15.0. The zero-order chi connectivity index (χ0) is 20.3. The molecule has 0 spiro atoms. The predicted octanol–water partition coefficient (Wildman–Crippen LogP) is 4.93. The minimum Gasteiger partial charge on any atom is -0.508 e. The summed E-state index contributed by atoms with van der Waals surface area (Å²) in [5, 5.41) is 10.0. The number of rotatable bonds is 6. The number of nitrogens with zero attached hydrogens (tertiary/aromatic N) is 2. The Balaban J connectivity index is 1.30. The van der Waals surface area contributed by atoms with Crippen LogP contribution in [0.3, 0.4) is 0 Å². The second-order valence-corrected chi connectivity index (χ2v) is 9.20. The van der Waals surface area contributed by atoms with Gasteiger partial charge in [0.15, 0.2) is 0 Å². The van der Waals surface area contributed by atoms with Gasteiger partial charge in [0.1, 0.15) is 11.5 Å². The van der Waals surface area contributed by atoms with Gasteiger partial charge in [-0.25, -0.2) is 0 Å². The summed E-state index contributed by atoms with van der Waals surface area (Å²) in [6.07, 6.45) is 7.69. The average Bonchev–Trinajstić information content (AvgIpc) is 3.26. The van der Waals surface area contributed by atoms with E-state index in [9.17, 15) is 5.11 Å². The molecule has 0 aliphatic carbocycles. The quantitative estimate of drug-likeness (QED) is 0.690. The first-order valence-corrected chi connectivity index (χ1v) is 11.8. The molecule has 0 unspecified atom stereocenters. The molecular formula is C26H34N2O2. The number of hydrogen-bond acceptors (Lipinski definition) is 4. The molecule has 0 radical (unpaired) electrons. The summed E-state index contributed by atoms with van der Waals surface area (Å²) in [5.41, 5.74) is 4.04. The molecule has 2 saturated heterocycles. The van der Waals surface area contributed by atoms with Gasteiger partial charge in [-0.3, -0.25) is 4.90 Å². The topological polar surface area (TPSA) is 35.9 Å². The maximum absolute atomic E-state index is 10.0. The van der Waals surface area contributed by atoms with Gasteiger partial charge in [0.2, 0.25) is 0 Å². The fraction of sp³-hybridized carbons (Fsp3) is 0.538. The second kappa shape index (κ2) is 8.99. The van der Waals surface area contributed by atoms with Gasteiger partial charge in [0, 0.05) is 25.0 Å². The van der Waals surface area contributed by atoms with Gasteiger partial charge in [0.05, 0.1) is 6.61 Å². The van der Waals surface area contributed by atoms with E-state index in [-0.39, 0.29) is 0 Å². The number of ether oxygens (including phenoxy) is 1. The van der Waals surface area contributed by atoms with Gasteiger partial charge >= 0.3 is 0 Å². The van der Waals surface area contributed by atoms with Crippen molar-refractivity contribution in [2.45, 2.75) is 50.5 Å². The third kappa shape index (κ3) is 4.21. The number of aromatic hydroxyl groups is 1. The highest BCUT2D eigenvalue weighted by molar-refractivity contribution is 5.47. The number of fused-ring (bicyclic) bond motifs is 3. The molecule has 30 heavy (non-hydrogen) atoms. The molecule has 4 heteroatoms. The average molecular weight is 407 g/mol. The number of benzene rings is 2. The Morgan fingerprint density at radius 2 is 1.83 bits per heavy atom. The molecule has 4 nitrogen and oxygen atoms in total. The number of phenols is 1. The van der Waals surface area contributed by atoms with Crippen LogP contribution in [0.25, 0.3) is 0 Å². The first kappa shape index (κ1) is 19.9. The zero-order valence-electron chi connectivity index (χ0n) is 17.9.